The topological polar surface area (TPSA) is 56.3 Å². The largest absolute Gasteiger partial charge is 0.497 e. The zero-order valence-corrected chi connectivity index (χ0v) is 11.6. The fourth-order valence-corrected chi connectivity index (χ4v) is 1.74. The summed E-state index contributed by atoms with van der Waals surface area (Å²) in [6.45, 7) is 0. The zero-order valence-electron chi connectivity index (χ0n) is 9.98. The Bertz CT molecular complexity index is 549. The number of nitrogens with one attached hydrogen (secondary N) is 1. The van der Waals surface area contributed by atoms with Crippen LogP contribution >= 0.6 is 15.9 Å². The number of rotatable bonds is 4. The third-order valence-corrected chi connectivity index (χ3v) is 2.78. The van der Waals surface area contributed by atoms with E-state index < -0.39 is 0 Å². The van der Waals surface area contributed by atoms with Crippen LogP contribution in [0.3, 0.4) is 0 Å². The van der Waals surface area contributed by atoms with Gasteiger partial charge in [0.15, 0.2) is 0 Å². The number of halogens is 1. The van der Waals surface area contributed by atoms with E-state index in [0.29, 0.717) is 16.3 Å². The quantitative estimate of drug-likeness (QED) is 0.941. The first-order chi connectivity index (χ1) is 8.72. The molecule has 2 rings (SSSR count). The molecule has 1 N–H and O–H groups in total. The SMILES string of the molecule is COc1cccc(Nc2ncc(Br)c(OC)n2)c1. The van der Waals surface area contributed by atoms with Gasteiger partial charge in [0.05, 0.1) is 24.9 Å². The van der Waals surface area contributed by atoms with Gasteiger partial charge in [0.25, 0.3) is 0 Å². The second-order valence-corrected chi connectivity index (χ2v) is 4.26. The summed E-state index contributed by atoms with van der Waals surface area (Å²) in [5, 5.41) is 3.08. The van der Waals surface area contributed by atoms with Gasteiger partial charge < -0.3 is 14.8 Å². The molecule has 5 nitrogen and oxygen atoms in total. The number of aromatic nitrogens is 2. The van der Waals surface area contributed by atoms with Gasteiger partial charge in [-0.3, -0.25) is 0 Å². The minimum Gasteiger partial charge on any atom is -0.497 e. The minimum atomic E-state index is 0.461. The van der Waals surface area contributed by atoms with Gasteiger partial charge in [0.2, 0.25) is 11.8 Å². The molecule has 1 aromatic carbocycles. The molecule has 1 aromatic heterocycles. The van der Waals surface area contributed by atoms with E-state index in [-0.39, 0.29) is 0 Å². The molecule has 0 atom stereocenters. The smallest absolute Gasteiger partial charge is 0.232 e. The predicted molar refractivity (Wildman–Crippen MR) is 72.6 cm³/mol. The molecule has 0 spiro atoms. The van der Waals surface area contributed by atoms with Gasteiger partial charge in [-0.2, -0.15) is 4.98 Å². The van der Waals surface area contributed by atoms with Crippen molar-refractivity contribution in [1.82, 2.24) is 9.97 Å². The lowest BCUT2D eigenvalue weighted by Crippen LogP contribution is -1.99. The second kappa shape index (κ2) is 5.68. The van der Waals surface area contributed by atoms with Crippen molar-refractivity contribution >= 4 is 27.6 Å². The van der Waals surface area contributed by atoms with Crippen molar-refractivity contribution in [1.29, 1.82) is 0 Å². The Hall–Kier alpha value is -1.82. The summed E-state index contributed by atoms with van der Waals surface area (Å²) in [5.74, 6) is 1.71. The van der Waals surface area contributed by atoms with Crippen LogP contribution in [0.4, 0.5) is 11.6 Å². The molecule has 0 aliphatic heterocycles. The number of methoxy groups -OCH3 is 2. The van der Waals surface area contributed by atoms with Gasteiger partial charge in [-0.15, -0.1) is 0 Å². The normalized spacial score (nSPS) is 9.94. The summed E-state index contributed by atoms with van der Waals surface area (Å²) in [6.07, 6.45) is 1.63. The van der Waals surface area contributed by atoms with Crippen LogP contribution in [0.15, 0.2) is 34.9 Å². The first-order valence-electron chi connectivity index (χ1n) is 5.20. The summed E-state index contributed by atoms with van der Waals surface area (Å²) < 4.78 is 11.0. The fourth-order valence-electron chi connectivity index (χ4n) is 1.38. The highest BCUT2D eigenvalue weighted by Crippen LogP contribution is 2.24. The highest BCUT2D eigenvalue weighted by molar-refractivity contribution is 9.10. The Kier molecular flexibility index (Phi) is 3.99. The Morgan fingerprint density at radius 3 is 2.78 bits per heavy atom. The van der Waals surface area contributed by atoms with Crippen LogP contribution < -0.4 is 14.8 Å². The second-order valence-electron chi connectivity index (χ2n) is 3.41. The van der Waals surface area contributed by atoms with Gasteiger partial charge in [-0.1, -0.05) is 6.07 Å². The molecule has 1 heterocycles. The molecule has 0 saturated carbocycles. The van der Waals surface area contributed by atoms with Crippen LogP contribution in [-0.4, -0.2) is 24.2 Å². The lowest BCUT2D eigenvalue weighted by molar-refractivity contribution is 0.394. The molecule has 6 heteroatoms. The molecule has 0 amide bonds. The molecule has 0 aliphatic carbocycles. The molecular weight excluding hydrogens is 298 g/mol. The van der Waals surface area contributed by atoms with Gasteiger partial charge in [-0.05, 0) is 28.1 Å². The molecule has 0 unspecified atom stereocenters. The summed E-state index contributed by atoms with van der Waals surface area (Å²) in [7, 11) is 3.18. The third-order valence-electron chi connectivity index (χ3n) is 2.23. The summed E-state index contributed by atoms with van der Waals surface area (Å²) in [4.78, 5) is 8.36. The Labute approximate surface area is 113 Å². The van der Waals surface area contributed by atoms with Crippen molar-refractivity contribution < 1.29 is 9.47 Å². The number of hydrogen-bond acceptors (Lipinski definition) is 5. The first-order valence-corrected chi connectivity index (χ1v) is 6.00. The highest BCUT2D eigenvalue weighted by Gasteiger charge is 2.05. The van der Waals surface area contributed by atoms with Crippen LogP contribution in [-0.2, 0) is 0 Å². The monoisotopic (exact) mass is 309 g/mol. The number of hydrogen-bond donors (Lipinski definition) is 1. The molecular formula is C12H12BrN3O2. The standard InChI is InChI=1S/C12H12BrN3O2/c1-17-9-5-3-4-8(6-9)15-12-14-7-10(13)11(16-12)18-2/h3-7H,1-2H3,(H,14,15,16). The minimum absolute atomic E-state index is 0.461. The summed E-state index contributed by atoms with van der Waals surface area (Å²) in [6, 6.07) is 7.52. The molecule has 0 saturated heterocycles. The predicted octanol–water partition coefficient (Wildman–Crippen LogP) is 3.00. The van der Waals surface area contributed by atoms with E-state index in [9.17, 15) is 0 Å². The molecule has 18 heavy (non-hydrogen) atoms. The van der Waals surface area contributed by atoms with Crippen LogP contribution in [0.25, 0.3) is 0 Å². The van der Waals surface area contributed by atoms with Crippen LogP contribution in [0.2, 0.25) is 0 Å². The molecule has 0 fully saturated rings. The van der Waals surface area contributed by atoms with E-state index in [1.807, 2.05) is 24.3 Å². The lowest BCUT2D eigenvalue weighted by Gasteiger charge is -2.08. The maximum Gasteiger partial charge on any atom is 0.232 e. The van der Waals surface area contributed by atoms with E-state index in [1.165, 1.54) is 0 Å². The summed E-state index contributed by atoms with van der Waals surface area (Å²) >= 11 is 3.30. The number of ether oxygens (including phenoxy) is 2. The Morgan fingerprint density at radius 2 is 2.06 bits per heavy atom. The van der Waals surface area contributed by atoms with E-state index in [1.54, 1.807) is 20.4 Å². The zero-order chi connectivity index (χ0) is 13.0. The van der Waals surface area contributed by atoms with Crippen molar-refractivity contribution in [3.63, 3.8) is 0 Å². The van der Waals surface area contributed by atoms with E-state index >= 15 is 0 Å². The fraction of sp³-hybridized carbons (Fsp3) is 0.167. The molecule has 0 bridgehead atoms. The van der Waals surface area contributed by atoms with Crippen molar-refractivity contribution in [2.45, 2.75) is 0 Å². The lowest BCUT2D eigenvalue weighted by atomic mass is 10.3. The van der Waals surface area contributed by atoms with Crippen molar-refractivity contribution in [3.8, 4) is 11.6 Å². The average Bonchev–Trinajstić information content (AvgIpc) is 2.41. The Balaban J connectivity index is 2.22. The number of nitrogens with zero attached hydrogens (tertiary/aromatic N) is 2. The van der Waals surface area contributed by atoms with Crippen molar-refractivity contribution in [2.75, 3.05) is 19.5 Å². The molecule has 0 aliphatic rings. The van der Waals surface area contributed by atoms with Crippen molar-refractivity contribution in [2.24, 2.45) is 0 Å². The Morgan fingerprint density at radius 1 is 1.22 bits per heavy atom. The number of benzene rings is 1. The maximum atomic E-state index is 5.14. The maximum absolute atomic E-state index is 5.14. The van der Waals surface area contributed by atoms with Gasteiger partial charge >= 0.3 is 0 Å². The first kappa shape index (κ1) is 12.6. The van der Waals surface area contributed by atoms with E-state index in [2.05, 4.69) is 31.2 Å². The van der Waals surface area contributed by atoms with Crippen molar-refractivity contribution in [3.05, 3.63) is 34.9 Å². The molecule has 0 radical (unpaired) electrons. The van der Waals surface area contributed by atoms with E-state index in [4.69, 9.17) is 9.47 Å². The molecule has 94 valence electrons. The highest BCUT2D eigenvalue weighted by atomic mass is 79.9. The van der Waals surface area contributed by atoms with Crippen LogP contribution in [0, 0.1) is 0 Å². The average molecular weight is 310 g/mol. The molecule has 2 aromatic rings. The van der Waals surface area contributed by atoms with Gasteiger partial charge in [0, 0.05) is 11.8 Å². The number of anilines is 2. The van der Waals surface area contributed by atoms with Gasteiger partial charge in [0.1, 0.15) is 5.75 Å². The van der Waals surface area contributed by atoms with Gasteiger partial charge in [-0.25, -0.2) is 4.98 Å². The van der Waals surface area contributed by atoms with E-state index in [0.717, 1.165) is 11.4 Å². The third kappa shape index (κ3) is 2.89. The summed E-state index contributed by atoms with van der Waals surface area (Å²) in [5.41, 5.74) is 0.846. The van der Waals surface area contributed by atoms with Crippen LogP contribution in [0.5, 0.6) is 11.6 Å². The van der Waals surface area contributed by atoms with Crippen LogP contribution in [0.1, 0.15) is 0 Å².